The van der Waals surface area contributed by atoms with Gasteiger partial charge in [-0.2, -0.15) is 0 Å². The van der Waals surface area contributed by atoms with Crippen molar-refractivity contribution in [1.82, 2.24) is 5.32 Å². The Bertz CT molecular complexity index is 347. The third kappa shape index (κ3) is 5.19. The highest BCUT2D eigenvalue weighted by Crippen LogP contribution is 2.25. The molecular weight excluding hydrogens is 288 g/mol. The van der Waals surface area contributed by atoms with Crippen LogP contribution in [0.5, 0.6) is 0 Å². The number of nitrogens with one attached hydrogen (secondary N) is 2. The highest BCUT2D eigenvalue weighted by molar-refractivity contribution is 9.10. The quantitative estimate of drug-likeness (QED) is 0.824. The molecule has 2 N–H and O–H groups in total. The van der Waals surface area contributed by atoms with Crippen molar-refractivity contribution in [2.24, 2.45) is 0 Å². The standard InChI is InChI=1S/C12H18BrClN2/c1-12(2,3)16-7-6-15-11-8-9(13)4-5-10(11)14/h4-5,8,15-16H,6-7H2,1-3H3. The van der Waals surface area contributed by atoms with Gasteiger partial charge in [-0.3, -0.25) is 0 Å². The molecule has 2 nitrogen and oxygen atoms in total. The first-order chi connectivity index (χ1) is 7.38. The largest absolute Gasteiger partial charge is 0.383 e. The van der Waals surface area contributed by atoms with Crippen LogP contribution in [0.4, 0.5) is 5.69 Å². The Kier molecular flexibility index (Phi) is 5.09. The van der Waals surface area contributed by atoms with E-state index in [0.29, 0.717) is 0 Å². The van der Waals surface area contributed by atoms with Crippen LogP contribution in [-0.2, 0) is 0 Å². The second-order valence-electron chi connectivity index (χ2n) is 4.73. The number of rotatable bonds is 4. The minimum Gasteiger partial charge on any atom is -0.383 e. The van der Waals surface area contributed by atoms with Crippen molar-refractivity contribution in [3.05, 3.63) is 27.7 Å². The molecule has 0 bridgehead atoms. The van der Waals surface area contributed by atoms with Crippen molar-refractivity contribution < 1.29 is 0 Å². The summed E-state index contributed by atoms with van der Waals surface area (Å²) in [4.78, 5) is 0. The van der Waals surface area contributed by atoms with Gasteiger partial charge in [0.1, 0.15) is 0 Å². The van der Waals surface area contributed by atoms with E-state index in [2.05, 4.69) is 47.3 Å². The summed E-state index contributed by atoms with van der Waals surface area (Å²) in [5.41, 5.74) is 1.12. The van der Waals surface area contributed by atoms with E-state index in [9.17, 15) is 0 Å². The van der Waals surface area contributed by atoms with Crippen LogP contribution in [0.3, 0.4) is 0 Å². The van der Waals surface area contributed by atoms with Gasteiger partial charge >= 0.3 is 0 Å². The summed E-state index contributed by atoms with van der Waals surface area (Å²) in [5.74, 6) is 0. The molecule has 4 heteroatoms. The second kappa shape index (κ2) is 5.89. The fourth-order valence-electron chi connectivity index (χ4n) is 1.27. The molecule has 0 aliphatic carbocycles. The summed E-state index contributed by atoms with van der Waals surface area (Å²) in [6.45, 7) is 8.22. The fourth-order valence-corrected chi connectivity index (χ4v) is 1.81. The lowest BCUT2D eigenvalue weighted by Crippen LogP contribution is -2.38. The Morgan fingerprint density at radius 3 is 2.56 bits per heavy atom. The fraction of sp³-hybridized carbons (Fsp3) is 0.500. The Morgan fingerprint density at radius 1 is 1.25 bits per heavy atom. The molecule has 0 heterocycles. The molecule has 0 aromatic heterocycles. The first-order valence-electron chi connectivity index (χ1n) is 5.32. The molecule has 90 valence electrons. The average Bonchev–Trinajstić information content (AvgIpc) is 2.16. The SMILES string of the molecule is CC(C)(C)NCCNc1cc(Br)ccc1Cl. The van der Waals surface area contributed by atoms with Crippen molar-refractivity contribution in [3.63, 3.8) is 0 Å². The van der Waals surface area contributed by atoms with Gasteiger partial charge in [0, 0.05) is 23.1 Å². The van der Waals surface area contributed by atoms with Crippen molar-refractivity contribution >= 4 is 33.2 Å². The van der Waals surface area contributed by atoms with Crippen molar-refractivity contribution in [1.29, 1.82) is 0 Å². The van der Waals surface area contributed by atoms with Crippen molar-refractivity contribution in [2.75, 3.05) is 18.4 Å². The smallest absolute Gasteiger partial charge is 0.0638 e. The molecule has 1 aromatic carbocycles. The van der Waals surface area contributed by atoms with Gasteiger partial charge in [-0.15, -0.1) is 0 Å². The highest BCUT2D eigenvalue weighted by atomic mass is 79.9. The molecule has 1 rings (SSSR count). The minimum absolute atomic E-state index is 0.156. The third-order valence-corrected chi connectivity index (χ3v) is 2.85. The van der Waals surface area contributed by atoms with Crippen LogP contribution < -0.4 is 10.6 Å². The highest BCUT2D eigenvalue weighted by Gasteiger charge is 2.07. The molecule has 16 heavy (non-hydrogen) atoms. The van der Waals surface area contributed by atoms with Gasteiger partial charge in [-0.05, 0) is 39.0 Å². The summed E-state index contributed by atoms with van der Waals surface area (Å²) in [6.07, 6.45) is 0. The number of benzene rings is 1. The minimum atomic E-state index is 0.156. The third-order valence-electron chi connectivity index (χ3n) is 2.02. The second-order valence-corrected chi connectivity index (χ2v) is 6.05. The summed E-state index contributed by atoms with van der Waals surface area (Å²) in [6, 6.07) is 5.80. The van der Waals surface area contributed by atoms with Crippen molar-refractivity contribution in [2.45, 2.75) is 26.3 Å². The molecule has 0 spiro atoms. The molecule has 0 fully saturated rings. The van der Waals surface area contributed by atoms with Crippen molar-refractivity contribution in [3.8, 4) is 0 Å². The Hall–Kier alpha value is -0.250. The normalized spacial score (nSPS) is 11.6. The molecule has 0 aliphatic heterocycles. The summed E-state index contributed by atoms with van der Waals surface area (Å²) < 4.78 is 1.03. The van der Waals surface area contributed by atoms with Gasteiger partial charge in [0.25, 0.3) is 0 Å². The Balaban J connectivity index is 2.40. The number of hydrogen-bond acceptors (Lipinski definition) is 2. The maximum absolute atomic E-state index is 6.06. The van der Waals surface area contributed by atoms with E-state index in [4.69, 9.17) is 11.6 Å². The lowest BCUT2D eigenvalue weighted by atomic mass is 10.1. The molecule has 0 atom stereocenters. The first kappa shape index (κ1) is 13.8. The van der Waals surface area contributed by atoms with E-state index in [1.54, 1.807) is 0 Å². The lowest BCUT2D eigenvalue weighted by Gasteiger charge is -2.20. The Labute approximate surface area is 111 Å². The number of halogens is 2. The predicted octanol–water partition coefficient (Wildman–Crippen LogP) is 3.90. The van der Waals surface area contributed by atoms with E-state index in [1.165, 1.54) is 0 Å². The number of anilines is 1. The zero-order valence-electron chi connectivity index (χ0n) is 9.90. The van der Waals surface area contributed by atoms with Gasteiger partial charge < -0.3 is 10.6 Å². The van der Waals surface area contributed by atoms with Crippen LogP contribution in [0, 0.1) is 0 Å². The molecule has 0 unspecified atom stereocenters. The lowest BCUT2D eigenvalue weighted by molar-refractivity contribution is 0.435. The van der Waals surface area contributed by atoms with Gasteiger partial charge in [0.2, 0.25) is 0 Å². The number of hydrogen-bond donors (Lipinski definition) is 2. The first-order valence-corrected chi connectivity index (χ1v) is 6.49. The molecule has 0 aliphatic rings. The van der Waals surface area contributed by atoms with E-state index in [-0.39, 0.29) is 5.54 Å². The summed E-state index contributed by atoms with van der Waals surface area (Å²) >= 11 is 9.48. The van der Waals surface area contributed by atoms with Crippen LogP contribution in [0.25, 0.3) is 0 Å². The van der Waals surface area contributed by atoms with Crippen LogP contribution in [0.2, 0.25) is 5.02 Å². The van der Waals surface area contributed by atoms with Gasteiger partial charge in [0.05, 0.1) is 10.7 Å². The molecular formula is C12H18BrClN2. The van der Waals surface area contributed by atoms with Crippen LogP contribution in [0.15, 0.2) is 22.7 Å². The maximum atomic E-state index is 6.06. The molecule has 0 amide bonds. The summed E-state index contributed by atoms with van der Waals surface area (Å²) in [5, 5.41) is 7.46. The van der Waals surface area contributed by atoms with Crippen LogP contribution in [-0.4, -0.2) is 18.6 Å². The van der Waals surface area contributed by atoms with Crippen LogP contribution >= 0.6 is 27.5 Å². The predicted molar refractivity (Wildman–Crippen MR) is 75.4 cm³/mol. The molecule has 0 saturated carbocycles. The Morgan fingerprint density at radius 2 is 1.94 bits per heavy atom. The zero-order valence-corrected chi connectivity index (χ0v) is 12.2. The van der Waals surface area contributed by atoms with E-state index in [0.717, 1.165) is 28.3 Å². The van der Waals surface area contributed by atoms with E-state index < -0.39 is 0 Å². The van der Waals surface area contributed by atoms with Gasteiger partial charge in [0.15, 0.2) is 0 Å². The summed E-state index contributed by atoms with van der Waals surface area (Å²) in [7, 11) is 0. The van der Waals surface area contributed by atoms with E-state index >= 15 is 0 Å². The maximum Gasteiger partial charge on any atom is 0.0638 e. The van der Waals surface area contributed by atoms with Gasteiger partial charge in [-0.25, -0.2) is 0 Å². The zero-order chi connectivity index (χ0) is 12.2. The molecule has 0 saturated heterocycles. The van der Waals surface area contributed by atoms with Crippen LogP contribution in [0.1, 0.15) is 20.8 Å². The monoisotopic (exact) mass is 304 g/mol. The topological polar surface area (TPSA) is 24.1 Å². The van der Waals surface area contributed by atoms with Gasteiger partial charge in [-0.1, -0.05) is 27.5 Å². The van der Waals surface area contributed by atoms with E-state index in [1.807, 2.05) is 18.2 Å². The molecule has 1 aromatic rings. The molecule has 0 radical (unpaired) electrons. The average molecular weight is 306 g/mol.